The third kappa shape index (κ3) is 7.90. The van der Waals surface area contributed by atoms with Gasteiger partial charge in [-0.2, -0.15) is 0 Å². The number of allylic oxidation sites excluding steroid dienone is 1. The maximum atomic E-state index is 12.7. The zero-order valence-corrected chi connectivity index (χ0v) is 24.0. The van der Waals surface area contributed by atoms with Crippen LogP contribution in [0.2, 0.25) is 0 Å². The third-order valence-corrected chi connectivity index (χ3v) is 8.04. The Bertz CT molecular complexity index is 1070. The highest BCUT2D eigenvalue weighted by Crippen LogP contribution is 2.36. The van der Waals surface area contributed by atoms with Gasteiger partial charge in [0.1, 0.15) is 31.0 Å². The molecule has 0 amide bonds. The maximum Gasteiger partial charge on any atom is 0.337 e. The predicted molar refractivity (Wildman–Crippen MR) is 145 cm³/mol. The smallest absolute Gasteiger partial charge is 0.337 e. The highest BCUT2D eigenvalue weighted by molar-refractivity contribution is 5.89. The number of ether oxygens (including phenoxy) is 4. The lowest BCUT2D eigenvalue weighted by Crippen LogP contribution is -3.16. The van der Waals surface area contributed by atoms with E-state index in [1.165, 1.54) is 20.2 Å². The number of hydrogen-bond donors (Lipinski definition) is 8. The van der Waals surface area contributed by atoms with E-state index in [0.717, 1.165) is 11.2 Å². The standard InChI is InChI=1S/C27H42N4O12/c1-4-14-15(6-5-13-9-31(7-8-32)10-16(23(37)38)19(13)30-27(28)29-2)17(24(39)40-3)12-41-25(14)43-26-22(36)21(35)20(34)18(11-33)42-26/h4-6,12-16,18-22,25-26,32-36H,1,7-11H2,2-3H3,(H,37,38)(H3,28,29,30)/t13?,14-,15-,16?,18-,19?,20-,21+,22-,25+,26-/m1/s1. The molecule has 0 bridgehead atoms. The number of aliphatic hydroxyl groups is 5. The molecule has 16 nitrogen and oxygen atoms in total. The monoisotopic (exact) mass is 614 g/mol. The lowest BCUT2D eigenvalue weighted by molar-refractivity contribution is -0.911. The fourth-order valence-electron chi connectivity index (χ4n) is 5.68. The summed E-state index contributed by atoms with van der Waals surface area (Å²) in [6.45, 7) is 3.89. The van der Waals surface area contributed by atoms with Crippen molar-refractivity contribution in [1.82, 2.24) is 5.32 Å². The van der Waals surface area contributed by atoms with Crippen molar-refractivity contribution in [2.45, 2.75) is 43.0 Å². The molecule has 0 radical (unpaired) electrons. The number of carboxylic acid groups (broad SMARTS) is 1. The number of hydrogen-bond acceptors (Lipinski definition) is 13. The number of rotatable bonds is 11. The molecular weight excluding hydrogens is 572 g/mol. The van der Waals surface area contributed by atoms with Gasteiger partial charge < -0.3 is 70.3 Å². The number of carbonyl (C=O) groups is 2. The molecule has 2 saturated heterocycles. The number of nitrogens with one attached hydrogen (secondary N) is 2. The summed E-state index contributed by atoms with van der Waals surface area (Å²) >= 11 is 0. The molecule has 3 aliphatic heterocycles. The highest BCUT2D eigenvalue weighted by atomic mass is 16.8. The molecule has 9 N–H and O–H groups in total. The first-order valence-electron chi connectivity index (χ1n) is 13.9. The van der Waals surface area contributed by atoms with Crippen molar-refractivity contribution in [3.05, 3.63) is 36.6 Å². The number of nitrogens with two attached hydrogens (primary N) is 1. The van der Waals surface area contributed by atoms with E-state index in [0.29, 0.717) is 13.1 Å². The predicted octanol–water partition coefficient (Wildman–Crippen LogP) is -6.03. The van der Waals surface area contributed by atoms with Crippen LogP contribution in [0.4, 0.5) is 0 Å². The summed E-state index contributed by atoms with van der Waals surface area (Å²) in [5.74, 6) is -5.07. The quantitative estimate of drug-likeness (QED) is 0.0467. The van der Waals surface area contributed by atoms with Gasteiger partial charge in [0.2, 0.25) is 6.29 Å². The molecule has 3 heterocycles. The number of esters is 1. The molecule has 3 aliphatic rings. The number of carbonyl (C=O) groups excluding carboxylic acids is 2. The highest BCUT2D eigenvalue weighted by Gasteiger charge is 2.47. The number of likely N-dealkylation sites (tertiary alicyclic amines) is 1. The maximum absolute atomic E-state index is 12.7. The van der Waals surface area contributed by atoms with Crippen molar-refractivity contribution in [1.29, 1.82) is 0 Å². The minimum Gasteiger partial charge on any atom is -0.550 e. The zero-order valence-electron chi connectivity index (χ0n) is 24.0. The number of piperidine rings is 1. The number of methoxy groups -OCH3 is 1. The average Bonchev–Trinajstić information content (AvgIpc) is 3.00. The van der Waals surface area contributed by atoms with Crippen LogP contribution in [0.25, 0.3) is 0 Å². The molecule has 2 fully saturated rings. The molecule has 12 atom stereocenters. The van der Waals surface area contributed by atoms with Gasteiger partial charge in [-0.05, 0) is 0 Å². The van der Waals surface area contributed by atoms with Crippen LogP contribution in [0.1, 0.15) is 0 Å². The van der Waals surface area contributed by atoms with Crippen LogP contribution in [0.3, 0.4) is 0 Å². The second-order valence-electron chi connectivity index (χ2n) is 10.6. The van der Waals surface area contributed by atoms with E-state index < -0.39 is 85.3 Å². The Kier molecular flexibility index (Phi) is 12.5. The minimum atomic E-state index is -1.70. The first kappa shape index (κ1) is 34.4. The zero-order chi connectivity index (χ0) is 31.8. The fourth-order valence-corrected chi connectivity index (χ4v) is 5.68. The van der Waals surface area contributed by atoms with Gasteiger partial charge in [0, 0.05) is 18.9 Å². The fraction of sp³-hybridized carbons (Fsp3) is 0.667. The van der Waals surface area contributed by atoms with E-state index in [2.05, 4.69) is 16.9 Å². The number of nitrogens with zero attached hydrogens (tertiary/aromatic N) is 1. The van der Waals surface area contributed by atoms with Crippen molar-refractivity contribution in [3.63, 3.8) is 0 Å². The van der Waals surface area contributed by atoms with E-state index in [9.17, 15) is 40.2 Å². The molecule has 0 aromatic rings. The van der Waals surface area contributed by atoms with Crippen LogP contribution in [0, 0.1) is 23.7 Å². The van der Waals surface area contributed by atoms with E-state index >= 15 is 0 Å². The lowest BCUT2D eigenvalue weighted by Gasteiger charge is -2.43. The Labute approximate surface area is 248 Å². The van der Waals surface area contributed by atoms with Gasteiger partial charge in [0.25, 0.3) is 0 Å². The number of quaternary nitrogens is 1. The Hall–Kier alpha value is -3.09. The second-order valence-corrected chi connectivity index (χ2v) is 10.6. The largest absolute Gasteiger partial charge is 0.550 e. The minimum absolute atomic E-state index is 0.0263. The third-order valence-electron chi connectivity index (χ3n) is 8.04. The summed E-state index contributed by atoms with van der Waals surface area (Å²) < 4.78 is 21.9. The molecular formula is C27H42N4O12. The summed E-state index contributed by atoms with van der Waals surface area (Å²) in [4.78, 5) is 29.6. The van der Waals surface area contributed by atoms with Crippen molar-refractivity contribution in [2.24, 2.45) is 34.4 Å². The molecule has 0 saturated carbocycles. The summed E-state index contributed by atoms with van der Waals surface area (Å²) in [6, 6.07) is -0.735. The molecule has 4 unspecified atom stereocenters. The van der Waals surface area contributed by atoms with Crippen LogP contribution in [0.5, 0.6) is 0 Å². The average molecular weight is 615 g/mol. The number of aliphatic hydroxyl groups excluding tert-OH is 5. The molecule has 0 aliphatic carbocycles. The van der Waals surface area contributed by atoms with Gasteiger partial charge in [0.05, 0.1) is 69.1 Å². The summed E-state index contributed by atoms with van der Waals surface area (Å²) in [5, 5.41) is 64.8. The lowest BCUT2D eigenvalue weighted by atomic mass is 9.79. The van der Waals surface area contributed by atoms with Crippen molar-refractivity contribution in [2.75, 3.05) is 47.0 Å². The Morgan fingerprint density at radius 3 is 2.51 bits per heavy atom. The molecule has 242 valence electrons. The summed E-state index contributed by atoms with van der Waals surface area (Å²) in [6.07, 6.45) is -2.99. The Morgan fingerprint density at radius 2 is 1.93 bits per heavy atom. The van der Waals surface area contributed by atoms with E-state index in [1.54, 1.807) is 12.2 Å². The van der Waals surface area contributed by atoms with E-state index in [-0.39, 0.29) is 24.7 Å². The first-order chi connectivity index (χ1) is 20.5. The van der Waals surface area contributed by atoms with Gasteiger partial charge >= 0.3 is 5.97 Å². The van der Waals surface area contributed by atoms with E-state index in [4.69, 9.17) is 24.7 Å². The number of carboxylic acids is 1. The number of aliphatic imine (C=N–C) groups is 1. The molecule has 0 spiro atoms. The molecule has 43 heavy (non-hydrogen) atoms. The molecule has 0 aromatic heterocycles. The van der Waals surface area contributed by atoms with Crippen LogP contribution in [-0.4, -0.2) is 133 Å². The van der Waals surface area contributed by atoms with Crippen LogP contribution >= 0.6 is 0 Å². The first-order valence-corrected chi connectivity index (χ1v) is 13.9. The normalized spacial score (nSPS) is 38.6. The summed E-state index contributed by atoms with van der Waals surface area (Å²) in [7, 11) is 2.64. The van der Waals surface area contributed by atoms with Gasteiger partial charge in [-0.3, -0.25) is 4.99 Å². The van der Waals surface area contributed by atoms with Crippen LogP contribution in [-0.2, 0) is 28.5 Å². The molecule has 0 aromatic carbocycles. The van der Waals surface area contributed by atoms with Gasteiger partial charge in [-0.1, -0.05) is 18.2 Å². The van der Waals surface area contributed by atoms with Gasteiger partial charge in [-0.15, -0.1) is 6.58 Å². The number of guanidine groups is 1. The topological polar surface area (TPSA) is 250 Å². The van der Waals surface area contributed by atoms with Crippen molar-refractivity contribution in [3.8, 4) is 0 Å². The van der Waals surface area contributed by atoms with Crippen LogP contribution in [0.15, 0.2) is 41.6 Å². The molecule has 3 rings (SSSR count). The van der Waals surface area contributed by atoms with Gasteiger partial charge in [0.15, 0.2) is 12.2 Å². The van der Waals surface area contributed by atoms with Crippen LogP contribution < -0.4 is 21.1 Å². The number of aliphatic carboxylic acids is 1. The van der Waals surface area contributed by atoms with Crippen molar-refractivity contribution < 1.29 is 64.1 Å². The summed E-state index contributed by atoms with van der Waals surface area (Å²) in [5.41, 5.74) is 5.98. The second kappa shape index (κ2) is 15.6. The van der Waals surface area contributed by atoms with E-state index in [1.807, 2.05) is 0 Å². The Morgan fingerprint density at radius 1 is 1.21 bits per heavy atom. The van der Waals surface area contributed by atoms with Gasteiger partial charge in [-0.25, -0.2) is 4.79 Å². The molecule has 16 heteroatoms. The van der Waals surface area contributed by atoms with Crippen molar-refractivity contribution >= 4 is 17.9 Å². The Balaban J connectivity index is 1.95. The SMILES string of the molecule is C=C[C@H]1[C@H](O[C@H]2O[C@H](CO)[C@@H](O)[C@H](O)[C@H]2O)OC=C(C(=O)OC)[C@@H]1C=CC1C[NH+](CCO)CC(C(=O)[O-])C1NC(N)=NC.